The number of hydrogen-bond donors (Lipinski definition) is 1. The molecule has 0 radical (unpaired) electrons. The normalized spacial score (nSPS) is 12.3. The molecule has 5 nitrogen and oxygen atoms in total. The summed E-state index contributed by atoms with van der Waals surface area (Å²) in [7, 11) is 0. The third-order valence-corrected chi connectivity index (χ3v) is 3.98. The first-order valence-electron chi connectivity index (χ1n) is 7.50. The summed E-state index contributed by atoms with van der Waals surface area (Å²) in [6.45, 7) is 4.01. The highest BCUT2D eigenvalue weighted by atomic mass is 35.5. The Balaban J connectivity index is 1.96. The van der Waals surface area contributed by atoms with Crippen LogP contribution in [0.15, 0.2) is 42.6 Å². The van der Waals surface area contributed by atoms with E-state index in [9.17, 15) is 4.79 Å². The molecule has 1 aromatic carbocycles. The maximum atomic E-state index is 12.2. The number of aromatic nitrogens is 3. The van der Waals surface area contributed by atoms with Gasteiger partial charge in [-0.2, -0.15) is 0 Å². The first kappa shape index (κ1) is 15.5. The van der Waals surface area contributed by atoms with Gasteiger partial charge in [0.25, 0.3) is 5.91 Å². The first-order chi connectivity index (χ1) is 11.1. The van der Waals surface area contributed by atoms with Crippen LogP contribution in [0.25, 0.3) is 17.0 Å². The summed E-state index contributed by atoms with van der Waals surface area (Å²) >= 11 is 6.03. The van der Waals surface area contributed by atoms with Crippen molar-refractivity contribution in [1.29, 1.82) is 0 Å². The molecule has 1 N–H and O–H groups in total. The van der Waals surface area contributed by atoms with E-state index in [2.05, 4.69) is 15.5 Å². The molecule has 0 fully saturated rings. The number of fused-ring (bicyclic) bond motifs is 1. The van der Waals surface area contributed by atoms with E-state index < -0.39 is 0 Å². The number of benzene rings is 1. The Morgan fingerprint density at radius 1 is 1.30 bits per heavy atom. The highest BCUT2D eigenvalue weighted by Crippen LogP contribution is 2.22. The zero-order chi connectivity index (χ0) is 16.4. The maximum Gasteiger partial charge on any atom is 0.251 e. The lowest BCUT2D eigenvalue weighted by Crippen LogP contribution is -2.31. The number of carbonyl (C=O) groups excluding carboxylic acids is 1. The van der Waals surface area contributed by atoms with Crippen molar-refractivity contribution < 1.29 is 4.79 Å². The van der Waals surface area contributed by atoms with Gasteiger partial charge in [0, 0.05) is 28.4 Å². The van der Waals surface area contributed by atoms with Gasteiger partial charge in [-0.25, -0.2) is 0 Å². The molecule has 0 spiro atoms. The smallest absolute Gasteiger partial charge is 0.251 e. The predicted octanol–water partition coefficient (Wildman–Crippen LogP) is 3.58. The minimum absolute atomic E-state index is 0.103. The van der Waals surface area contributed by atoms with Crippen molar-refractivity contribution in [1.82, 2.24) is 19.9 Å². The molecule has 3 rings (SSSR count). The summed E-state index contributed by atoms with van der Waals surface area (Å²) in [5.41, 5.74) is 2.07. The van der Waals surface area contributed by atoms with Crippen LogP contribution in [0.1, 0.15) is 30.6 Å². The zero-order valence-corrected chi connectivity index (χ0v) is 13.7. The van der Waals surface area contributed by atoms with E-state index in [-0.39, 0.29) is 11.9 Å². The van der Waals surface area contributed by atoms with Crippen molar-refractivity contribution in [3.63, 3.8) is 0 Å². The molecule has 0 saturated carbocycles. The summed E-state index contributed by atoms with van der Waals surface area (Å²) in [6, 6.07) is 11.1. The SMILES string of the molecule is CC[C@H](C)NC(=O)c1ccn2c(-c3cccc(Cl)c3)nnc2c1. The van der Waals surface area contributed by atoms with Crippen molar-refractivity contribution >= 4 is 23.2 Å². The van der Waals surface area contributed by atoms with Gasteiger partial charge >= 0.3 is 0 Å². The van der Waals surface area contributed by atoms with E-state index in [0.29, 0.717) is 22.1 Å². The highest BCUT2D eigenvalue weighted by Gasteiger charge is 2.13. The van der Waals surface area contributed by atoms with Gasteiger partial charge in [0.1, 0.15) is 0 Å². The van der Waals surface area contributed by atoms with E-state index in [1.54, 1.807) is 18.3 Å². The number of rotatable bonds is 4. The lowest BCUT2D eigenvalue weighted by Gasteiger charge is -2.11. The van der Waals surface area contributed by atoms with Crippen LogP contribution in [-0.2, 0) is 0 Å². The van der Waals surface area contributed by atoms with Gasteiger partial charge in [-0.15, -0.1) is 10.2 Å². The van der Waals surface area contributed by atoms with Crippen LogP contribution in [-0.4, -0.2) is 26.5 Å². The molecule has 2 aromatic heterocycles. The Kier molecular flexibility index (Phi) is 4.30. The topological polar surface area (TPSA) is 59.3 Å². The average Bonchev–Trinajstić information content (AvgIpc) is 2.97. The molecular formula is C17H17ClN4O. The number of nitrogens with zero attached hydrogens (tertiary/aromatic N) is 3. The fraction of sp³-hybridized carbons (Fsp3) is 0.235. The van der Waals surface area contributed by atoms with Gasteiger partial charge in [-0.1, -0.05) is 30.7 Å². The molecule has 0 aliphatic rings. The van der Waals surface area contributed by atoms with Gasteiger partial charge in [-0.05, 0) is 37.6 Å². The predicted molar refractivity (Wildman–Crippen MR) is 90.7 cm³/mol. The van der Waals surface area contributed by atoms with Crippen molar-refractivity contribution in [2.45, 2.75) is 26.3 Å². The second kappa shape index (κ2) is 6.38. The molecule has 1 amide bonds. The number of halogens is 1. The van der Waals surface area contributed by atoms with E-state index in [1.165, 1.54) is 0 Å². The average molecular weight is 329 g/mol. The van der Waals surface area contributed by atoms with Crippen LogP contribution in [0.3, 0.4) is 0 Å². The Morgan fingerprint density at radius 3 is 2.87 bits per heavy atom. The number of carbonyl (C=O) groups is 1. The monoisotopic (exact) mass is 328 g/mol. The second-order valence-corrected chi connectivity index (χ2v) is 5.90. The van der Waals surface area contributed by atoms with Crippen LogP contribution in [0, 0.1) is 0 Å². The summed E-state index contributed by atoms with van der Waals surface area (Å²) < 4.78 is 1.84. The summed E-state index contributed by atoms with van der Waals surface area (Å²) in [5, 5.41) is 11.9. The Labute approximate surface area is 139 Å². The lowest BCUT2D eigenvalue weighted by molar-refractivity contribution is 0.0939. The molecule has 0 aliphatic heterocycles. The first-order valence-corrected chi connectivity index (χ1v) is 7.88. The van der Waals surface area contributed by atoms with Crippen LogP contribution < -0.4 is 5.32 Å². The molecule has 3 aromatic rings. The number of pyridine rings is 1. The number of amides is 1. The van der Waals surface area contributed by atoms with Gasteiger partial charge in [0.15, 0.2) is 11.5 Å². The molecule has 0 saturated heterocycles. The summed E-state index contributed by atoms with van der Waals surface area (Å²) in [4.78, 5) is 12.2. The van der Waals surface area contributed by atoms with E-state index in [0.717, 1.165) is 12.0 Å². The van der Waals surface area contributed by atoms with Gasteiger partial charge < -0.3 is 5.32 Å². The Hall–Kier alpha value is -2.40. The van der Waals surface area contributed by atoms with Crippen LogP contribution >= 0.6 is 11.6 Å². The van der Waals surface area contributed by atoms with Crippen molar-refractivity contribution in [2.75, 3.05) is 0 Å². The van der Waals surface area contributed by atoms with E-state index >= 15 is 0 Å². The molecule has 1 atom stereocenters. The molecule has 0 bridgehead atoms. The largest absolute Gasteiger partial charge is 0.350 e. The lowest BCUT2D eigenvalue weighted by atomic mass is 10.2. The zero-order valence-electron chi connectivity index (χ0n) is 13.0. The Morgan fingerprint density at radius 2 is 2.13 bits per heavy atom. The standard InChI is InChI=1S/C17H17ClN4O/c1-3-11(2)19-17(23)13-7-8-22-15(10-13)20-21-16(22)12-5-4-6-14(18)9-12/h4-11H,3H2,1-2H3,(H,19,23)/t11-/m0/s1. The molecule has 23 heavy (non-hydrogen) atoms. The molecule has 0 aliphatic carbocycles. The van der Waals surface area contributed by atoms with Crippen molar-refractivity contribution in [3.8, 4) is 11.4 Å². The number of hydrogen-bond acceptors (Lipinski definition) is 3. The second-order valence-electron chi connectivity index (χ2n) is 5.46. The van der Waals surface area contributed by atoms with Crippen molar-refractivity contribution in [2.24, 2.45) is 0 Å². The molecule has 118 valence electrons. The van der Waals surface area contributed by atoms with E-state index in [4.69, 9.17) is 11.6 Å². The van der Waals surface area contributed by atoms with Crippen LogP contribution in [0.2, 0.25) is 5.02 Å². The van der Waals surface area contributed by atoms with E-state index in [1.807, 2.05) is 42.5 Å². The fourth-order valence-corrected chi connectivity index (χ4v) is 2.46. The minimum atomic E-state index is -0.103. The number of nitrogens with one attached hydrogen (secondary N) is 1. The minimum Gasteiger partial charge on any atom is -0.350 e. The van der Waals surface area contributed by atoms with Crippen LogP contribution in [0.4, 0.5) is 0 Å². The quantitative estimate of drug-likeness (QED) is 0.796. The summed E-state index contributed by atoms with van der Waals surface area (Å²) in [5.74, 6) is 0.588. The molecule has 0 unspecified atom stereocenters. The van der Waals surface area contributed by atoms with Crippen molar-refractivity contribution in [3.05, 3.63) is 53.2 Å². The van der Waals surface area contributed by atoms with Gasteiger partial charge in [0.2, 0.25) is 0 Å². The fourth-order valence-electron chi connectivity index (χ4n) is 2.27. The maximum absolute atomic E-state index is 12.2. The van der Waals surface area contributed by atoms with Gasteiger partial charge in [0.05, 0.1) is 0 Å². The molecular weight excluding hydrogens is 312 g/mol. The van der Waals surface area contributed by atoms with Gasteiger partial charge in [-0.3, -0.25) is 9.20 Å². The Bertz CT molecular complexity index is 859. The molecule has 6 heteroatoms. The van der Waals surface area contributed by atoms with Crippen LogP contribution in [0.5, 0.6) is 0 Å². The third-order valence-electron chi connectivity index (χ3n) is 3.74. The molecule has 2 heterocycles. The summed E-state index contributed by atoms with van der Waals surface area (Å²) in [6.07, 6.45) is 2.69. The third kappa shape index (κ3) is 3.19. The highest BCUT2D eigenvalue weighted by molar-refractivity contribution is 6.30.